The minimum Gasteiger partial charge on any atom is -0.343 e. The normalized spacial score (nSPS) is 18.8. The molecular weight excluding hydrogens is 455 g/mol. The molecule has 34 heavy (non-hydrogen) atoms. The van der Waals surface area contributed by atoms with Crippen LogP contribution in [0.1, 0.15) is 48.9 Å². The fourth-order valence-corrected chi connectivity index (χ4v) is 4.44. The van der Waals surface area contributed by atoms with E-state index in [0.717, 1.165) is 11.1 Å². The van der Waals surface area contributed by atoms with Gasteiger partial charge in [0.2, 0.25) is 11.8 Å². The summed E-state index contributed by atoms with van der Waals surface area (Å²) in [7, 11) is 0. The number of hydrogen-bond donors (Lipinski definition) is 1. The van der Waals surface area contributed by atoms with Crippen molar-refractivity contribution >= 4 is 23.4 Å². The van der Waals surface area contributed by atoms with Crippen molar-refractivity contribution in [3.63, 3.8) is 0 Å². The highest BCUT2D eigenvalue weighted by molar-refractivity contribution is 6.30. The summed E-state index contributed by atoms with van der Waals surface area (Å²) in [6, 6.07) is 16.4. The summed E-state index contributed by atoms with van der Waals surface area (Å²) in [6.07, 6.45) is 1.65. The van der Waals surface area contributed by atoms with Crippen molar-refractivity contribution in [3.05, 3.63) is 88.7 Å². The number of hydrogen-bond acceptors (Lipinski definition) is 3. The SMILES string of the molecule is CC(C)c1ccc([C@@H](NC(=O)[C@@H]2C[C@@H](F)CN2C(=O)Cn2cc(Cl)cn2)c2ccccc2)cc1. The molecule has 0 aliphatic carbocycles. The smallest absolute Gasteiger partial charge is 0.245 e. The van der Waals surface area contributed by atoms with Gasteiger partial charge in [-0.05, 0) is 22.6 Å². The Balaban J connectivity index is 1.55. The first-order valence-electron chi connectivity index (χ1n) is 11.4. The van der Waals surface area contributed by atoms with Crippen molar-refractivity contribution in [1.29, 1.82) is 0 Å². The Morgan fingerprint density at radius 3 is 2.35 bits per heavy atom. The molecule has 1 aliphatic rings. The average Bonchev–Trinajstić information content (AvgIpc) is 3.43. The summed E-state index contributed by atoms with van der Waals surface area (Å²) in [6.45, 7) is 4.02. The summed E-state index contributed by atoms with van der Waals surface area (Å²) >= 11 is 5.87. The first-order chi connectivity index (χ1) is 16.3. The predicted molar refractivity (Wildman–Crippen MR) is 129 cm³/mol. The molecule has 3 aromatic rings. The maximum Gasteiger partial charge on any atom is 0.245 e. The summed E-state index contributed by atoms with van der Waals surface area (Å²) in [4.78, 5) is 27.6. The number of carbonyl (C=O) groups is 2. The molecule has 0 unspecified atom stereocenters. The van der Waals surface area contributed by atoms with Crippen LogP contribution in [0.3, 0.4) is 0 Å². The number of nitrogens with zero attached hydrogens (tertiary/aromatic N) is 3. The van der Waals surface area contributed by atoms with Gasteiger partial charge >= 0.3 is 0 Å². The van der Waals surface area contributed by atoms with Crippen LogP contribution in [0.2, 0.25) is 5.02 Å². The third kappa shape index (κ3) is 5.47. The lowest BCUT2D eigenvalue weighted by Gasteiger charge is -2.27. The molecule has 0 saturated carbocycles. The Morgan fingerprint density at radius 1 is 1.09 bits per heavy atom. The monoisotopic (exact) mass is 482 g/mol. The number of alkyl halides is 1. The van der Waals surface area contributed by atoms with Gasteiger partial charge in [0, 0.05) is 12.6 Å². The molecule has 8 heteroatoms. The number of benzene rings is 2. The molecule has 1 N–H and O–H groups in total. The van der Waals surface area contributed by atoms with Gasteiger partial charge in [0.1, 0.15) is 18.8 Å². The molecule has 0 spiro atoms. The summed E-state index contributed by atoms with van der Waals surface area (Å²) < 4.78 is 15.8. The molecule has 3 atom stereocenters. The van der Waals surface area contributed by atoms with Gasteiger partial charge in [0.05, 0.1) is 23.8 Å². The van der Waals surface area contributed by atoms with Crippen molar-refractivity contribution < 1.29 is 14.0 Å². The van der Waals surface area contributed by atoms with E-state index in [1.807, 2.05) is 42.5 Å². The topological polar surface area (TPSA) is 67.2 Å². The maximum absolute atomic E-state index is 14.4. The van der Waals surface area contributed by atoms with E-state index in [1.165, 1.54) is 27.5 Å². The molecule has 0 bridgehead atoms. The summed E-state index contributed by atoms with van der Waals surface area (Å²) in [5, 5.41) is 7.48. The van der Waals surface area contributed by atoms with Crippen molar-refractivity contribution in [2.45, 2.75) is 51.0 Å². The van der Waals surface area contributed by atoms with Crippen molar-refractivity contribution in [3.8, 4) is 0 Å². The van der Waals surface area contributed by atoms with E-state index in [9.17, 15) is 14.0 Å². The zero-order chi connectivity index (χ0) is 24.2. The van der Waals surface area contributed by atoms with Gasteiger partial charge in [-0.25, -0.2) is 4.39 Å². The number of carbonyl (C=O) groups excluding carboxylic acids is 2. The van der Waals surface area contributed by atoms with Gasteiger partial charge in [0.15, 0.2) is 0 Å². The van der Waals surface area contributed by atoms with Crippen LogP contribution in [0.25, 0.3) is 0 Å². The fourth-order valence-electron chi connectivity index (χ4n) is 4.28. The fraction of sp³-hybridized carbons (Fsp3) is 0.346. The number of likely N-dealkylation sites (tertiary alicyclic amines) is 1. The zero-order valence-electron chi connectivity index (χ0n) is 19.2. The minimum absolute atomic E-state index is 0.0365. The van der Waals surface area contributed by atoms with Crippen LogP contribution >= 0.6 is 11.6 Å². The van der Waals surface area contributed by atoms with Crippen molar-refractivity contribution in [2.75, 3.05) is 6.54 Å². The second-order valence-corrected chi connectivity index (χ2v) is 9.36. The van der Waals surface area contributed by atoms with E-state index < -0.39 is 18.3 Å². The van der Waals surface area contributed by atoms with Crippen LogP contribution < -0.4 is 5.32 Å². The van der Waals surface area contributed by atoms with Crippen LogP contribution in [-0.4, -0.2) is 45.3 Å². The Hall–Kier alpha value is -3.19. The van der Waals surface area contributed by atoms with Gasteiger partial charge in [-0.3, -0.25) is 14.3 Å². The average molecular weight is 483 g/mol. The number of nitrogens with one attached hydrogen (secondary N) is 1. The van der Waals surface area contributed by atoms with Crippen molar-refractivity contribution in [1.82, 2.24) is 20.0 Å². The Bertz CT molecular complexity index is 1130. The highest BCUT2D eigenvalue weighted by atomic mass is 35.5. The van der Waals surface area contributed by atoms with Gasteiger partial charge in [0.25, 0.3) is 0 Å². The predicted octanol–water partition coefficient (Wildman–Crippen LogP) is 4.50. The van der Waals surface area contributed by atoms with E-state index in [-0.39, 0.29) is 31.3 Å². The van der Waals surface area contributed by atoms with Crippen LogP contribution in [0, 0.1) is 0 Å². The summed E-state index contributed by atoms with van der Waals surface area (Å²) in [5.74, 6) is -0.366. The van der Waals surface area contributed by atoms with Gasteiger partial charge in [-0.2, -0.15) is 5.10 Å². The van der Waals surface area contributed by atoms with Crippen LogP contribution in [0.4, 0.5) is 4.39 Å². The van der Waals surface area contributed by atoms with Crippen LogP contribution in [-0.2, 0) is 16.1 Å². The van der Waals surface area contributed by atoms with E-state index in [0.29, 0.717) is 10.9 Å². The van der Waals surface area contributed by atoms with Gasteiger partial charge < -0.3 is 10.2 Å². The highest BCUT2D eigenvalue weighted by Crippen LogP contribution is 2.27. The Labute approximate surface area is 203 Å². The number of halogens is 2. The van der Waals surface area contributed by atoms with Crippen LogP contribution in [0.15, 0.2) is 67.0 Å². The first-order valence-corrected chi connectivity index (χ1v) is 11.8. The molecule has 4 rings (SSSR count). The Morgan fingerprint density at radius 2 is 1.74 bits per heavy atom. The maximum atomic E-state index is 14.4. The standard InChI is InChI=1S/C26H28ClFN4O2/c1-17(2)18-8-10-20(11-9-18)25(19-6-4-3-5-7-19)30-26(34)23-12-22(28)15-32(23)24(33)16-31-14-21(27)13-29-31/h3-11,13-14,17,22-23,25H,12,15-16H2,1-2H3,(H,30,34)/t22-,23+,25+/m1/s1. The van der Waals surface area contributed by atoms with Gasteiger partial charge in [-0.15, -0.1) is 0 Å². The highest BCUT2D eigenvalue weighted by Gasteiger charge is 2.40. The lowest BCUT2D eigenvalue weighted by Crippen LogP contribution is -2.48. The second-order valence-electron chi connectivity index (χ2n) is 8.92. The van der Waals surface area contributed by atoms with E-state index >= 15 is 0 Å². The molecule has 1 aromatic heterocycles. The molecule has 1 fully saturated rings. The number of rotatable bonds is 7. The third-order valence-corrected chi connectivity index (χ3v) is 6.32. The van der Waals surface area contributed by atoms with E-state index in [1.54, 1.807) is 0 Å². The van der Waals surface area contributed by atoms with Gasteiger partial charge in [-0.1, -0.05) is 80.0 Å². The number of amides is 2. The molecule has 2 heterocycles. The number of aromatic nitrogens is 2. The zero-order valence-corrected chi connectivity index (χ0v) is 20.0. The molecule has 2 amide bonds. The molecular formula is C26H28ClFN4O2. The minimum atomic E-state index is -1.26. The van der Waals surface area contributed by atoms with Crippen LogP contribution in [0.5, 0.6) is 0 Å². The van der Waals surface area contributed by atoms with E-state index in [4.69, 9.17) is 11.6 Å². The van der Waals surface area contributed by atoms with Crippen molar-refractivity contribution in [2.24, 2.45) is 0 Å². The van der Waals surface area contributed by atoms with E-state index in [2.05, 4.69) is 36.4 Å². The molecule has 2 aromatic carbocycles. The third-order valence-electron chi connectivity index (χ3n) is 6.13. The largest absolute Gasteiger partial charge is 0.343 e. The molecule has 1 saturated heterocycles. The second kappa shape index (κ2) is 10.4. The lowest BCUT2D eigenvalue weighted by atomic mass is 9.95. The lowest BCUT2D eigenvalue weighted by molar-refractivity contribution is -0.139. The molecule has 1 aliphatic heterocycles. The molecule has 6 nitrogen and oxygen atoms in total. The molecule has 0 radical (unpaired) electrons. The first kappa shape index (κ1) is 24.0. The molecule has 178 valence electrons. The summed E-state index contributed by atoms with van der Waals surface area (Å²) in [5.41, 5.74) is 3.03. The Kier molecular flexibility index (Phi) is 7.32. The quantitative estimate of drug-likeness (QED) is 0.539.